The van der Waals surface area contributed by atoms with E-state index in [9.17, 15) is 14.4 Å². The Bertz CT molecular complexity index is 367. The largest absolute Gasteiger partial charge is 0.480 e. The fourth-order valence-electron chi connectivity index (χ4n) is 1.58. The van der Waals surface area contributed by atoms with Gasteiger partial charge >= 0.3 is 5.97 Å². The minimum Gasteiger partial charge on any atom is -0.480 e. The highest BCUT2D eigenvalue weighted by Gasteiger charge is 2.30. The van der Waals surface area contributed by atoms with Crippen LogP contribution in [-0.2, 0) is 14.4 Å². The molecule has 0 aliphatic rings. The maximum Gasteiger partial charge on any atom is 0.326 e. The van der Waals surface area contributed by atoms with Crippen LogP contribution >= 0.6 is 0 Å². The average Bonchev–Trinajstić information content (AvgIpc) is 2.30. The van der Waals surface area contributed by atoms with Crippen LogP contribution in [0.3, 0.4) is 0 Å². The van der Waals surface area contributed by atoms with Crippen LogP contribution in [-0.4, -0.2) is 41.0 Å². The first kappa shape index (κ1) is 18.4. The Hall–Kier alpha value is -1.63. The number of amides is 2. The maximum absolute atomic E-state index is 12.1. The van der Waals surface area contributed by atoms with Crippen LogP contribution in [0.2, 0.25) is 0 Å². The van der Waals surface area contributed by atoms with Gasteiger partial charge in [-0.2, -0.15) is 0 Å². The summed E-state index contributed by atoms with van der Waals surface area (Å²) in [7, 11) is 0. The summed E-state index contributed by atoms with van der Waals surface area (Å²) in [6, 6.07) is -2.53. The van der Waals surface area contributed by atoms with Crippen molar-refractivity contribution in [1.29, 1.82) is 0 Å². The van der Waals surface area contributed by atoms with Crippen molar-refractivity contribution in [2.75, 3.05) is 0 Å². The molecule has 0 aliphatic heterocycles. The topological polar surface area (TPSA) is 122 Å². The first-order valence-corrected chi connectivity index (χ1v) is 6.67. The highest BCUT2D eigenvalue weighted by Crippen LogP contribution is 2.06. The molecule has 0 aliphatic carbocycles. The minimum atomic E-state index is -1.10. The normalized spacial score (nSPS) is 15.6. The van der Waals surface area contributed by atoms with Crippen molar-refractivity contribution in [2.45, 2.75) is 52.7 Å². The first-order valence-electron chi connectivity index (χ1n) is 6.67. The molecule has 0 saturated heterocycles. The molecule has 0 unspecified atom stereocenters. The van der Waals surface area contributed by atoms with Gasteiger partial charge in [-0.25, -0.2) is 4.79 Å². The molecule has 0 heterocycles. The van der Waals surface area contributed by atoms with Crippen molar-refractivity contribution in [3.8, 4) is 0 Å². The molecule has 0 fully saturated rings. The highest BCUT2D eigenvalue weighted by atomic mass is 16.4. The molecule has 0 aromatic heterocycles. The number of nitrogens with two attached hydrogens (primary N) is 1. The van der Waals surface area contributed by atoms with Crippen molar-refractivity contribution in [3.05, 3.63) is 0 Å². The summed E-state index contributed by atoms with van der Waals surface area (Å²) in [6.45, 7) is 8.43. The minimum absolute atomic E-state index is 0.181. The van der Waals surface area contributed by atoms with E-state index in [1.54, 1.807) is 27.7 Å². The summed E-state index contributed by atoms with van der Waals surface area (Å²) in [5.41, 5.74) is 5.44. The quantitative estimate of drug-likeness (QED) is 0.512. The molecule has 20 heavy (non-hydrogen) atoms. The lowest BCUT2D eigenvalue weighted by molar-refractivity contribution is -0.143. The zero-order valence-electron chi connectivity index (χ0n) is 12.6. The molecule has 0 aromatic rings. The van der Waals surface area contributed by atoms with Gasteiger partial charge in [0, 0.05) is 0 Å². The molecule has 0 bridgehead atoms. The number of carboxylic acid groups (broad SMARTS) is 1. The van der Waals surface area contributed by atoms with Gasteiger partial charge in [-0.15, -0.1) is 0 Å². The number of carbonyl (C=O) groups is 3. The average molecular weight is 287 g/mol. The van der Waals surface area contributed by atoms with Crippen molar-refractivity contribution in [1.82, 2.24) is 10.6 Å². The fraction of sp³-hybridized carbons (Fsp3) is 0.769. The van der Waals surface area contributed by atoms with Crippen molar-refractivity contribution >= 4 is 17.8 Å². The van der Waals surface area contributed by atoms with E-state index in [1.807, 2.05) is 0 Å². The standard InChI is InChI=1S/C13H25N3O4/c1-6(2)9(15-11(17)8(5)14)12(18)16-10(7(3)4)13(19)20/h6-10H,14H2,1-5H3,(H,15,17)(H,16,18)(H,19,20)/t8-,9-,10-/m0/s1. The van der Waals surface area contributed by atoms with E-state index in [0.717, 1.165) is 0 Å². The van der Waals surface area contributed by atoms with Gasteiger partial charge in [0.2, 0.25) is 11.8 Å². The zero-order chi connectivity index (χ0) is 16.0. The van der Waals surface area contributed by atoms with E-state index in [2.05, 4.69) is 10.6 Å². The number of hydrogen-bond donors (Lipinski definition) is 4. The van der Waals surface area contributed by atoms with E-state index in [-0.39, 0.29) is 11.8 Å². The van der Waals surface area contributed by atoms with Gasteiger partial charge < -0.3 is 21.5 Å². The Morgan fingerprint density at radius 1 is 0.850 bits per heavy atom. The van der Waals surface area contributed by atoms with E-state index in [4.69, 9.17) is 10.8 Å². The summed E-state index contributed by atoms with van der Waals surface area (Å²) >= 11 is 0. The van der Waals surface area contributed by atoms with Crippen LogP contribution in [0.25, 0.3) is 0 Å². The van der Waals surface area contributed by atoms with Gasteiger partial charge in [0.05, 0.1) is 6.04 Å². The maximum atomic E-state index is 12.1. The summed E-state index contributed by atoms with van der Waals surface area (Å²) in [5, 5.41) is 14.0. The molecule has 2 amide bonds. The summed E-state index contributed by atoms with van der Waals surface area (Å²) in [5.74, 6) is -2.51. The van der Waals surface area contributed by atoms with Crippen LogP contribution in [0, 0.1) is 11.8 Å². The molecule has 7 nitrogen and oxygen atoms in total. The van der Waals surface area contributed by atoms with Gasteiger partial charge in [-0.05, 0) is 18.8 Å². The van der Waals surface area contributed by atoms with Gasteiger partial charge in [-0.1, -0.05) is 27.7 Å². The molecule has 0 spiro atoms. The molecule has 0 saturated carbocycles. The van der Waals surface area contributed by atoms with Crippen LogP contribution in [0.15, 0.2) is 0 Å². The predicted molar refractivity (Wildman–Crippen MR) is 74.8 cm³/mol. The number of aliphatic carboxylic acids is 1. The number of carbonyl (C=O) groups excluding carboxylic acids is 2. The second kappa shape index (κ2) is 7.84. The van der Waals surface area contributed by atoms with Crippen molar-refractivity contribution in [3.63, 3.8) is 0 Å². The lowest BCUT2D eigenvalue weighted by Crippen LogP contribution is -2.56. The second-order valence-corrected chi connectivity index (χ2v) is 5.59. The Balaban J connectivity index is 4.89. The second-order valence-electron chi connectivity index (χ2n) is 5.59. The number of carboxylic acids is 1. The molecule has 3 atom stereocenters. The molecule has 0 radical (unpaired) electrons. The zero-order valence-corrected chi connectivity index (χ0v) is 12.6. The molecular weight excluding hydrogens is 262 g/mol. The van der Waals surface area contributed by atoms with E-state index in [1.165, 1.54) is 6.92 Å². The Labute approximate surface area is 119 Å². The van der Waals surface area contributed by atoms with Gasteiger partial charge in [0.15, 0.2) is 0 Å². The Kier molecular flexibility index (Phi) is 7.20. The summed E-state index contributed by atoms with van der Waals surface area (Å²) < 4.78 is 0. The predicted octanol–water partition coefficient (Wildman–Crippen LogP) is -0.300. The van der Waals surface area contributed by atoms with Crippen LogP contribution in [0.4, 0.5) is 0 Å². The number of hydrogen-bond acceptors (Lipinski definition) is 4. The molecule has 7 heteroatoms. The lowest BCUT2D eigenvalue weighted by atomic mass is 10.00. The fourth-order valence-corrected chi connectivity index (χ4v) is 1.58. The van der Waals surface area contributed by atoms with Crippen LogP contribution in [0.1, 0.15) is 34.6 Å². The highest BCUT2D eigenvalue weighted by molar-refractivity contribution is 5.91. The van der Waals surface area contributed by atoms with E-state index < -0.39 is 35.9 Å². The van der Waals surface area contributed by atoms with Gasteiger partial charge in [0.25, 0.3) is 0 Å². The smallest absolute Gasteiger partial charge is 0.326 e. The molecular formula is C13H25N3O4. The van der Waals surface area contributed by atoms with Gasteiger partial charge in [0.1, 0.15) is 12.1 Å². The van der Waals surface area contributed by atoms with Gasteiger partial charge in [-0.3, -0.25) is 9.59 Å². The molecule has 116 valence electrons. The lowest BCUT2D eigenvalue weighted by Gasteiger charge is -2.26. The van der Waals surface area contributed by atoms with Crippen LogP contribution < -0.4 is 16.4 Å². The number of rotatable bonds is 7. The summed E-state index contributed by atoms with van der Waals surface area (Å²) in [4.78, 5) is 34.8. The van der Waals surface area contributed by atoms with Crippen molar-refractivity contribution < 1.29 is 19.5 Å². The third-order valence-corrected chi connectivity index (χ3v) is 2.89. The Morgan fingerprint density at radius 2 is 1.25 bits per heavy atom. The monoisotopic (exact) mass is 287 g/mol. The summed E-state index contributed by atoms with van der Waals surface area (Å²) in [6.07, 6.45) is 0. The Morgan fingerprint density at radius 3 is 1.55 bits per heavy atom. The molecule has 0 aromatic carbocycles. The molecule has 5 N–H and O–H groups in total. The molecule has 0 rings (SSSR count). The first-order chi connectivity index (χ1) is 9.07. The van der Waals surface area contributed by atoms with Crippen LogP contribution in [0.5, 0.6) is 0 Å². The third-order valence-electron chi connectivity index (χ3n) is 2.89. The van der Waals surface area contributed by atoms with E-state index >= 15 is 0 Å². The van der Waals surface area contributed by atoms with Crippen molar-refractivity contribution in [2.24, 2.45) is 17.6 Å². The SMILES string of the molecule is CC(C)[C@H](NC(=O)[C@@H](NC(=O)[C@H](C)N)C(C)C)C(=O)O. The third kappa shape index (κ3) is 5.56. The van der Waals surface area contributed by atoms with E-state index in [0.29, 0.717) is 0 Å². The number of nitrogens with one attached hydrogen (secondary N) is 2.